The lowest BCUT2D eigenvalue weighted by Crippen LogP contribution is -2.41. The molecule has 1 aliphatic heterocycles. The predicted molar refractivity (Wildman–Crippen MR) is 155 cm³/mol. The molecule has 0 spiro atoms. The lowest BCUT2D eigenvalue weighted by Gasteiger charge is -2.32. The van der Waals surface area contributed by atoms with Crippen molar-refractivity contribution >= 4 is 72.1 Å². The van der Waals surface area contributed by atoms with Crippen LogP contribution in [-0.2, 0) is 9.31 Å². The first-order chi connectivity index (χ1) is 17.2. The third kappa shape index (κ3) is 3.94. The van der Waals surface area contributed by atoms with E-state index < -0.39 is 0 Å². The highest BCUT2D eigenvalue weighted by Gasteiger charge is 2.51. The number of benzene rings is 4. The van der Waals surface area contributed by atoms with E-state index in [1.165, 1.54) is 32.6 Å². The summed E-state index contributed by atoms with van der Waals surface area (Å²) >= 11 is 3.49. The van der Waals surface area contributed by atoms with Crippen molar-refractivity contribution in [3.8, 4) is 0 Å². The molecule has 6 aromatic rings. The highest BCUT2D eigenvalue weighted by Crippen LogP contribution is 2.37. The summed E-state index contributed by atoms with van der Waals surface area (Å²) in [5, 5.41) is 5.00. The summed E-state index contributed by atoms with van der Waals surface area (Å²) in [6.45, 7) is 8.32. The maximum absolute atomic E-state index is 6.16. The van der Waals surface area contributed by atoms with E-state index in [9.17, 15) is 0 Å². The Labute approximate surface area is 219 Å². The van der Waals surface area contributed by atoms with Gasteiger partial charge in [-0.2, -0.15) is 0 Å². The Kier molecular flexibility index (Phi) is 5.52. The Morgan fingerprint density at radius 2 is 1.06 bits per heavy atom. The first-order valence-electron chi connectivity index (χ1n) is 12.2. The smallest absolute Gasteiger partial charge is 0.399 e. The number of aromatic nitrogens is 2. The van der Waals surface area contributed by atoms with E-state index in [1.807, 2.05) is 12.1 Å². The van der Waals surface area contributed by atoms with Crippen molar-refractivity contribution in [1.29, 1.82) is 0 Å². The molecule has 0 amide bonds. The topological polar surface area (TPSA) is 50.0 Å². The van der Waals surface area contributed by atoms with Gasteiger partial charge in [0.1, 0.15) is 0 Å². The molecule has 1 aliphatic rings. The molecule has 4 aromatic carbocycles. The van der Waals surface area contributed by atoms with Crippen molar-refractivity contribution < 1.29 is 9.31 Å². The lowest BCUT2D eigenvalue weighted by molar-refractivity contribution is 0.00578. The zero-order valence-electron chi connectivity index (χ0n) is 20.9. The number of hydrogen-bond donors (Lipinski definition) is 2. The Morgan fingerprint density at radius 3 is 1.64 bits per heavy atom. The van der Waals surface area contributed by atoms with E-state index in [2.05, 4.69) is 126 Å². The fourth-order valence-corrected chi connectivity index (χ4v) is 5.17. The van der Waals surface area contributed by atoms with E-state index in [1.54, 1.807) is 0 Å². The first kappa shape index (κ1) is 23.3. The van der Waals surface area contributed by atoms with Gasteiger partial charge in [-0.25, -0.2) is 0 Å². The normalized spacial score (nSPS) is 16.6. The third-order valence-electron chi connectivity index (χ3n) is 7.52. The fraction of sp³-hybridized carbons (Fsp3) is 0.200. The van der Waals surface area contributed by atoms with Crippen molar-refractivity contribution in [1.82, 2.24) is 9.97 Å². The van der Waals surface area contributed by atoms with Crippen LogP contribution in [0.25, 0.3) is 43.6 Å². The van der Waals surface area contributed by atoms with E-state index in [-0.39, 0.29) is 18.3 Å². The minimum absolute atomic E-state index is 0.313. The quantitative estimate of drug-likeness (QED) is 0.211. The minimum Gasteiger partial charge on any atom is -0.399 e. The standard InChI is InChI=1S/C18H20BNO2.C12H8BrN/c1-17(2)18(3,4)22-19(21-17)12-9-10-16-14(11-12)13-7-5-6-8-15(13)20-16;13-8-5-6-12-10(7-8)9-3-1-2-4-11(9)14-12/h5-11,20H,1-4H3;1-7,14H. The number of fused-ring (bicyclic) bond motifs is 6. The number of H-pyrrole nitrogens is 2. The zero-order chi connectivity index (χ0) is 25.1. The van der Waals surface area contributed by atoms with Crippen LogP contribution in [0.4, 0.5) is 0 Å². The largest absolute Gasteiger partial charge is 0.494 e. The van der Waals surface area contributed by atoms with Gasteiger partial charge < -0.3 is 19.3 Å². The van der Waals surface area contributed by atoms with Gasteiger partial charge in [0.15, 0.2) is 0 Å². The van der Waals surface area contributed by atoms with Crippen LogP contribution in [-0.4, -0.2) is 28.3 Å². The van der Waals surface area contributed by atoms with Crippen molar-refractivity contribution in [2.75, 3.05) is 0 Å². The number of nitrogens with one attached hydrogen (secondary N) is 2. The molecule has 6 heteroatoms. The van der Waals surface area contributed by atoms with Gasteiger partial charge in [-0.3, -0.25) is 0 Å². The summed E-state index contributed by atoms with van der Waals surface area (Å²) < 4.78 is 13.4. The summed E-state index contributed by atoms with van der Waals surface area (Å²) in [4.78, 5) is 6.83. The Morgan fingerprint density at radius 1 is 0.583 bits per heavy atom. The molecular formula is C30H28BBrN2O2. The van der Waals surface area contributed by atoms with Crippen LogP contribution in [0.15, 0.2) is 89.4 Å². The Balaban J connectivity index is 0.000000147. The molecule has 1 saturated heterocycles. The highest BCUT2D eigenvalue weighted by molar-refractivity contribution is 9.10. The highest BCUT2D eigenvalue weighted by atomic mass is 79.9. The summed E-state index contributed by atoms with van der Waals surface area (Å²) in [7, 11) is -0.317. The first-order valence-corrected chi connectivity index (χ1v) is 13.0. The van der Waals surface area contributed by atoms with Crippen LogP contribution in [0.3, 0.4) is 0 Å². The van der Waals surface area contributed by atoms with Gasteiger partial charge in [-0.15, -0.1) is 0 Å². The fourth-order valence-electron chi connectivity index (χ4n) is 4.81. The summed E-state index contributed by atoms with van der Waals surface area (Å²) in [5.74, 6) is 0. The van der Waals surface area contributed by atoms with E-state index in [0.717, 1.165) is 21.0 Å². The van der Waals surface area contributed by atoms with Gasteiger partial charge in [0.05, 0.1) is 11.2 Å². The molecule has 2 N–H and O–H groups in total. The molecule has 180 valence electrons. The second-order valence-electron chi connectivity index (χ2n) is 10.4. The molecule has 7 rings (SSSR count). The molecule has 0 unspecified atom stereocenters. The molecule has 36 heavy (non-hydrogen) atoms. The van der Waals surface area contributed by atoms with Gasteiger partial charge in [0.2, 0.25) is 0 Å². The summed E-state index contributed by atoms with van der Waals surface area (Å²) in [6, 6.07) is 29.4. The lowest BCUT2D eigenvalue weighted by atomic mass is 9.78. The summed E-state index contributed by atoms with van der Waals surface area (Å²) in [5.41, 5.74) is 5.12. The molecule has 0 aliphatic carbocycles. The second-order valence-corrected chi connectivity index (χ2v) is 11.3. The van der Waals surface area contributed by atoms with Crippen molar-refractivity contribution in [2.24, 2.45) is 0 Å². The van der Waals surface area contributed by atoms with Crippen LogP contribution in [0.1, 0.15) is 27.7 Å². The van der Waals surface area contributed by atoms with Gasteiger partial charge in [0, 0.05) is 48.1 Å². The van der Waals surface area contributed by atoms with Crippen LogP contribution in [0.5, 0.6) is 0 Å². The number of hydrogen-bond acceptors (Lipinski definition) is 2. The molecular weight excluding hydrogens is 511 g/mol. The minimum atomic E-state index is -0.317. The molecule has 1 fully saturated rings. The van der Waals surface area contributed by atoms with Gasteiger partial charge in [0.25, 0.3) is 0 Å². The molecule has 0 bridgehead atoms. The van der Waals surface area contributed by atoms with E-state index in [0.29, 0.717) is 0 Å². The molecule has 0 radical (unpaired) electrons. The SMILES string of the molecule is Brc1ccc2[nH]c3ccccc3c2c1.CC1(C)OB(c2ccc3[nH]c4ccccc4c3c2)OC1(C)C. The maximum Gasteiger partial charge on any atom is 0.494 e. The van der Waals surface area contributed by atoms with Gasteiger partial charge >= 0.3 is 7.12 Å². The van der Waals surface area contributed by atoms with Crippen LogP contribution in [0, 0.1) is 0 Å². The molecule has 4 nitrogen and oxygen atoms in total. The van der Waals surface area contributed by atoms with Crippen LogP contribution < -0.4 is 5.46 Å². The predicted octanol–water partition coefficient (Wildman–Crippen LogP) is 7.70. The number of aromatic amines is 2. The van der Waals surface area contributed by atoms with Gasteiger partial charge in [-0.05, 0) is 69.6 Å². The number of para-hydroxylation sites is 2. The van der Waals surface area contributed by atoms with E-state index >= 15 is 0 Å². The zero-order valence-corrected chi connectivity index (χ0v) is 22.4. The number of halogens is 1. The third-order valence-corrected chi connectivity index (χ3v) is 8.02. The average molecular weight is 539 g/mol. The maximum atomic E-state index is 6.16. The van der Waals surface area contributed by atoms with Crippen molar-refractivity contribution in [3.05, 3.63) is 89.4 Å². The Hall–Kier alpha value is -3.06. The van der Waals surface area contributed by atoms with Crippen LogP contribution in [0.2, 0.25) is 0 Å². The van der Waals surface area contributed by atoms with E-state index in [4.69, 9.17) is 9.31 Å². The average Bonchev–Trinajstić information content (AvgIpc) is 3.47. The second kappa shape index (κ2) is 8.51. The van der Waals surface area contributed by atoms with Crippen LogP contribution >= 0.6 is 15.9 Å². The molecule has 0 saturated carbocycles. The van der Waals surface area contributed by atoms with Gasteiger partial charge in [-0.1, -0.05) is 64.5 Å². The van der Waals surface area contributed by atoms with Crippen molar-refractivity contribution in [2.45, 2.75) is 38.9 Å². The molecule has 3 heterocycles. The van der Waals surface area contributed by atoms with Crippen molar-refractivity contribution in [3.63, 3.8) is 0 Å². The summed E-state index contributed by atoms with van der Waals surface area (Å²) in [6.07, 6.45) is 0. The molecule has 2 aromatic heterocycles. The monoisotopic (exact) mass is 538 g/mol. The number of rotatable bonds is 1. The Bertz CT molecular complexity index is 1720. The molecule has 0 atom stereocenters.